The fourth-order valence-electron chi connectivity index (χ4n) is 4.70. The number of hydrogen-bond donors (Lipinski definition) is 0. The zero-order valence-electron chi connectivity index (χ0n) is 16.1. The van der Waals surface area contributed by atoms with Crippen LogP contribution in [-0.4, -0.2) is 39.0 Å². The van der Waals surface area contributed by atoms with Crippen molar-refractivity contribution in [3.63, 3.8) is 0 Å². The Kier molecular flexibility index (Phi) is 4.36. The average molecular weight is 400 g/mol. The summed E-state index contributed by atoms with van der Waals surface area (Å²) in [6, 6.07) is 9.27. The van der Waals surface area contributed by atoms with E-state index in [1.807, 2.05) is 19.1 Å². The van der Waals surface area contributed by atoms with Gasteiger partial charge in [-0.05, 0) is 43.9 Å². The van der Waals surface area contributed by atoms with Crippen molar-refractivity contribution in [2.24, 2.45) is 0 Å². The highest BCUT2D eigenvalue weighted by Crippen LogP contribution is 2.47. The lowest BCUT2D eigenvalue weighted by Crippen LogP contribution is -2.38. The van der Waals surface area contributed by atoms with Crippen LogP contribution in [-0.2, 0) is 22.9 Å². The van der Waals surface area contributed by atoms with Gasteiger partial charge in [0.05, 0.1) is 18.1 Å². The van der Waals surface area contributed by atoms with Crippen LogP contribution in [0, 0.1) is 6.92 Å². The molecule has 148 valence electrons. The molecule has 28 heavy (non-hydrogen) atoms. The van der Waals surface area contributed by atoms with Gasteiger partial charge in [-0.1, -0.05) is 17.7 Å². The van der Waals surface area contributed by atoms with Crippen molar-refractivity contribution in [2.45, 2.75) is 43.4 Å². The van der Waals surface area contributed by atoms with Crippen LogP contribution in [0.25, 0.3) is 0 Å². The number of ether oxygens (including phenoxy) is 2. The molecule has 6 heteroatoms. The summed E-state index contributed by atoms with van der Waals surface area (Å²) in [7, 11) is -3.43. The van der Waals surface area contributed by atoms with E-state index in [-0.39, 0.29) is 0 Å². The van der Waals surface area contributed by atoms with E-state index in [0.29, 0.717) is 23.9 Å². The Morgan fingerprint density at radius 3 is 2.46 bits per heavy atom. The molecular formula is C22H25NO4S. The third kappa shape index (κ3) is 2.90. The Hall–Kier alpha value is -2.05. The number of hydrogen-bond acceptors (Lipinski definition) is 4. The van der Waals surface area contributed by atoms with Gasteiger partial charge in [-0.3, -0.25) is 0 Å². The quantitative estimate of drug-likeness (QED) is 0.793. The summed E-state index contributed by atoms with van der Waals surface area (Å²) in [5.74, 6) is 2.38. The SMILES string of the molecule is Cc1ccc(S(=O)(=O)N2CCC(c3c4c(cc5c3OCC5)OCC4)CC2)cc1. The first-order valence-corrected chi connectivity index (χ1v) is 11.5. The van der Waals surface area contributed by atoms with Crippen LogP contribution in [0.3, 0.4) is 0 Å². The molecule has 0 saturated carbocycles. The van der Waals surface area contributed by atoms with Gasteiger partial charge in [-0.2, -0.15) is 4.31 Å². The lowest BCUT2D eigenvalue weighted by molar-refractivity contribution is 0.307. The van der Waals surface area contributed by atoms with Crippen LogP contribution in [0.15, 0.2) is 35.2 Å². The smallest absolute Gasteiger partial charge is 0.243 e. The number of sulfonamides is 1. The van der Waals surface area contributed by atoms with Crippen LogP contribution < -0.4 is 9.47 Å². The molecule has 0 atom stereocenters. The Balaban J connectivity index is 1.39. The fourth-order valence-corrected chi connectivity index (χ4v) is 6.17. The number of rotatable bonds is 3. The van der Waals surface area contributed by atoms with Gasteiger partial charge in [0.15, 0.2) is 0 Å². The second-order valence-electron chi connectivity index (χ2n) is 7.94. The number of piperidine rings is 1. The average Bonchev–Trinajstić information content (AvgIpc) is 3.35. The van der Waals surface area contributed by atoms with Crippen molar-refractivity contribution in [3.8, 4) is 11.5 Å². The van der Waals surface area contributed by atoms with Crippen LogP contribution >= 0.6 is 0 Å². The molecule has 1 saturated heterocycles. The number of aryl methyl sites for hydroxylation is 1. The predicted molar refractivity (Wildman–Crippen MR) is 107 cm³/mol. The second-order valence-corrected chi connectivity index (χ2v) is 9.88. The number of nitrogens with zero attached hydrogens (tertiary/aromatic N) is 1. The Morgan fingerprint density at radius 1 is 1.00 bits per heavy atom. The summed E-state index contributed by atoms with van der Waals surface area (Å²) >= 11 is 0. The monoisotopic (exact) mass is 399 g/mol. The molecule has 0 spiro atoms. The maximum Gasteiger partial charge on any atom is 0.243 e. The van der Waals surface area contributed by atoms with Crippen molar-refractivity contribution in [3.05, 3.63) is 52.6 Å². The van der Waals surface area contributed by atoms with E-state index in [1.54, 1.807) is 16.4 Å². The van der Waals surface area contributed by atoms with Crippen molar-refractivity contribution in [1.82, 2.24) is 4.31 Å². The number of benzene rings is 2. The van der Waals surface area contributed by atoms with E-state index >= 15 is 0 Å². The zero-order valence-corrected chi connectivity index (χ0v) is 16.9. The highest BCUT2D eigenvalue weighted by Gasteiger charge is 2.35. The summed E-state index contributed by atoms with van der Waals surface area (Å²) in [5, 5.41) is 0. The molecule has 0 radical (unpaired) electrons. The highest BCUT2D eigenvalue weighted by molar-refractivity contribution is 7.89. The zero-order chi connectivity index (χ0) is 19.3. The maximum absolute atomic E-state index is 13.0. The standard InChI is InChI=1S/C22H25NO4S/c1-15-2-4-18(5-3-15)28(24,25)23-10-6-16(7-11-23)21-19-9-13-26-20(19)14-17-8-12-27-22(17)21/h2-5,14,16H,6-13H2,1H3. The second kappa shape index (κ2) is 6.78. The first kappa shape index (κ1) is 18.0. The van der Waals surface area contributed by atoms with Crippen molar-refractivity contribution in [1.29, 1.82) is 0 Å². The first-order valence-electron chi connectivity index (χ1n) is 10.0. The summed E-state index contributed by atoms with van der Waals surface area (Å²) in [4.78, 5) is 0.384. The van der Waals surface area contributed by atoms with Gasteiger partial charge in [0, 0.05) is 42.6 Å². The lowest BCUT2D eigenvalue weighted by Gasteiger charge is -2.32. The van der Waals surface area contributed by atoms with Crippen LogP contribution in [0.1, 0.15) is 41.0 Å². The molecule has 2 aromatic rings. The minimum Gasteiger partial charge on any atom is -0.493 e. The van der Waals surface area contributed by atoms with Gasteiger partial charge in [0.2, 0.25) is 10.0 Å². The maximum atomic E-state index is 13.0. The summed E-state index contributed by atoms with van der Waals surface area (Å²) < 4.78 is 39.5. The predicted octanol–water partition coefficient (Wildman–Crippen LogP) is 3.43. The summed E-state index contributed by atoms with van der Waals surface area (Å²) in [5.41, 5.74) is 4.87. The van der Waals surface area contributed by atoms with E-state index in [2.05, 4.69) is 6.07 Å². The van der Waals surface area contributed by atoms with Gasteiger partial charge in [0.1, 0.15) is 11.5 Å². The molecule has 5 rings (SSSR count). The molecule has 1 fully saturated rings. The molecule has 0 amide bonds. The molecule has 0 aliphatic carbocycles. The van der Waals surface area contributed by atoms with E-state index < -0.39 is 10.0 Å². The largest absolute Gasteiger partial charge is 0.493 e. The normalized spacial score (nSPS) is 19.8. The third-order valence-electron chi connectivity index (χ3n) is 6.21. The van der Waals surface area contributed by atoms with Crippen LogP contribution in [0.4, 0.5) is 0 Å². The highest BCUT2D eigenvalue weighted by atomic mass is 32.2. The molecule has 3 aliphatic rings. The molecule has 0 bridgehead atoms. The molecule has 0 N–H and O–H groups in total. The molecule has 3 heterocycles. The first-order chi connectivity index (χ1) is 13.5. The topological polar surface area (TPSA) is 55.8 Å². The van der Waals surface area contributed by atoms with Gasteiger partial charge in [-0.25, -0.2) is 8.42 Å². The molecule has 2 aromatic carbocycles. The van der Waals surface area contributed by atoms with Crippen molar-refractivity contribution < 1.29 is 17.9 Å². The summed E-state index contributed by atoms with van der Waals surface area (Å²) in [6.45, 7) is 4.50. The number of fused-ring (bicyclic) bond motifs is 2. The Morgan fingerprint density at radius 2 is 1.71 bits per heavy atom. The van der Waals surface area contributed by atoms with Gasteiger partial charge >= 0.3 is 0 Å². The van der Waals surface area contributed by atoms with Gasteiger partial charge < -0.3 is 9.47 Å². The van der Waals surface area contributed by atoms with Crippen LogP contribution in [0.5, 0.6) is 11.5 Å². The van der Waals surface area contributed by atoms with E-state index in [4.69, 9.17) is 9.47 Å². The van der Waals surface area contributed by atoms with Gasteiger partial charge in [-0.15, -0.1) is 0 Å². The van der Waals surface area contributed by atoms with E-state index in [1.165, 1.54) is 16.7 Å². The molecule has 0 unspecified atom stereocenters. The Labute approximate surface area is 166 Å². The summed E-state index contributed by atoms with van der Waals surface area (Å²) in [6.07, 6.45) is 3.48. The van der Waals surface area contributed by atoms with E-state index in [0.717, 1.165) is 56.0 Å². The minimum absolute atomic E-state index is 0.327. The molecule has 3 aliphatic heterocycles. The molecular weight excluding hydrogens is 374 g/mol. The van der Waals surface area contributed by atoms with Crippen molar-refractivity contribution in [2.75, 3.05) is 26.3 Å². The lowest BCUT2D eigenvalue weighted by atomic mass is 9.84. The Bertz CT molecular complexity index is 974. The minimum atomic E-state index is -3.43. The van der Waals surface area contributed by atoms with Crippen LogP contribution in [0.2, 0.25) is 0 Å². The molecule has 5 nitrogen and oxygen atoms in total. The molecule has 0 aromatic heterocycles. The van der Waals surface area contributed by atoms with Crippen molar-refractivity contribution >= 4 is 10.0 Å². The van der Waals surface area contributed by atoms with Gasteiger partial charge in [0.25, 0.3) is 0 Å². The fraction of sp³-hybridized carbons (Fsp3) is 0.455. The van der Waals surface area contributed by atoms with E-state index in [9.17, 15) is 8.42 Å². The third-order valence-corrected chi connectivity index (χ3v) is 8.13.